The van der Waals surface area contributed by atoms with E-state index in [0.717, 1.165) is 43.7 Å². The van der Waals surface area contributed by atoms with Crippen LogP contribution in [0.15, 0.2) is 24.3 Å². The van der Waals surface area contributed by atoms with Gasteiger partial charge in [-0.15, -0.1) is 11.8 Å². The minimum Gasteiger partial charge on any atom is -0.478 e. The van der Waals surface area contributed by atoms with Crippen molar-refractivity contribution >= 4 is 23.6 Å². The molecule has 1 aliphatic carbocycles. The van der Waals surface area contributed by atoms with Gasteiger partial charge < -0.3 is 10.0 Å². The van der Waals surface area contributed by atoms with Crippen LogP contribution in [0.4, 0.5) is 0 Å². The number of hydrogen-bond acceptors (Lipinski definition) is 3. The van der Waals surface area contributed by atoms with Gasteiger partial charge in [-0.3, -0.25) is 4.79 Å². The largest absolute Gasteiger partial charge is 0.478 e. The number of hydrogen-bond donors (Lipinski definition) is 1. The summed E-state index contributed by atoms with van der Waals surface area (Å²) in [5.41, 5.74) is 1.49. The Labute approximate surface area is 173 Å². The average molecular weight is 404 g/mol. The molecule has 1 amide bonds. The number of nitrogens with zero attached hydrogens (tertiary/aromatic N) is 1. The molecule has 4 nitrogen and oxygen atoms in total. The quantitative estimate of drug-likeness (QED) is 0.635. The molecule has 3 rings (SSSR count). The van der Waals surface area contributed by atoms with Crippen molar-refractivity contribution in [1.29, 1.82) is 0 Å². The summed E-state index contributed by atoms with van der Waals surface area (Å²) in [4.78, 5) is 26.0. The van der Waals surface area contributed by atoms with Gasteiger partial charge in [-0.25, -0.2) is 4.79 Å². The molecule has 1 atom stereocenters. The third-order valence-electron chi connectivity index (χ3n) is 6.17. The highest BCUT2D eigenvalue weighted by atomic mass is 32.2. The standard InChI is InChI=1S/C23H33NO3S/c1-23(2)22(27)24(16-15-17-7-4-3-5-8-17)20(28-23)10-6-9-18-11-13-19(14-12-18)21(25)26/h11-14,17,20H,3-10,15-16H2,1-2H3,(H,25,26). The van der Waals surface area contributed by atoms with Gasteiger partial charge in [0.25, 0.3) is 0 Å². The molecule has 0 aromatic heterocycles. The fraction of sp³-hybridized carbons (Fsp3) is 0.652. The number of carbonyl (C=O) groups excluding carboxylic acids is 1. The molecule has 28 heavy (non-hydrogen) atoms. The van der Waals surface area contributed by atoms with Gasteiger partial charge in [0, 0.05) is 6.54 Å². The van der Waals surface area contributed by atoms with Crippen molar-refractivity contribution in [2.75, 3.05) is 6.54 Å². The second kappa shape index (κ2) is 9.34. The Balaban J connectivity index is 1.52. The van der Waals surface area contributed by atoms with Crippen LogP contribution in [0, 0.1) is 5.92 Å². The molecular formula is C23H33NO3S. The van der Waals surface area contributed by atoms with Crippen molar-refractivity contribution in [2.24, 2.45) is 5.92 Å². The Morgan fingerprint density at radius 2 is 1.82 bits per heavy atom. The molecule has 154 valence electrons. The molecule has 1 aromatic rings. The molecule has 1 aromatic carbocycles. The van der Waals surface area contributed by atoms with Crippen LogP contribution >= 0.6 is 11.8 Å². The lowest BCUT2D eigenvalue weighted by molar-refractivity contribution is -0.132. The fourth-order valence-electron chi connectivity index (χ4n) is 4.48. The van der Waals surface area contributed by atoms with Crippen LogP contribution in [-0.4, -0.2) is 38.5 Å². The lowest BCUT2D eigenvalue weighted by Crippen LogP contribution is -2.38. The molecule has 1 unspecified atom stereocenters. The Bertz CT molecular complexity index is 680. The third kappa shape index (κ3) is 5.31. The van der Waals surface area contributed by atoms with E-state index >= 15 is 0 Å². The van der Waals surface area contributed by atoms with E-state index in [0.29, 0.717) is 11.5 Å². The molecular weight excluding hydrogens is 370 g/mol. The Hall–Kier alpha value is -1.49. The molecule has 1 saturated carbocycles. The molecule has 1 aliphatic heterocycles. The maximum Gasteiger partial charge on any atom is 0.335 e. The van der Waals surface area contributed by atoms with Gasteiger partial charge in [0.15, 0.2) is 0 Å². The van der Waals surface area contributed by atoms with Gasteiger partial charge in [-0.2, -0.15) is 0 Å². The van der Waals surface area contributed by atoms with Crippen molar-refractivity contribution in [3.8, 4) is 0 Å². The van der Waals surface area contributed by atoms with Gasteiger partial charge in [0.05, 0.1) is 15.7 Å². The van der Waals surface area contributed by atoms with E-state index in [9.17, 15) is 9.59 Å². The van der Waals surface area contributed by atoms with Crippen molar-refractivity contribution < 1.29 is 14.7 Å². The highest BCUT2D eigenvalue weighted by Crippen LogP contribution is 2.43. The van der Waals surface area contributed by atoms with Crippen LogP contribution in [0.3, 0.4) is 0 Å². The highest BCUT2D eigenvalue weighted by Gasteiger charge is 2.45. The number of rotatable bonds is 8. The zero-order chi connectivity index (χ0) is 20.1. The zero-order valence-corrected chi connectivity index (χ0v) is 18.0. The molecule has 2 aliphatic rings. The molecule has 1 N–H and O–H groups in total. The number of thioether (sulfide) groups is 1. The van der Waals surface area contributed by atoms with E-state index < -0.39 is 5.97 Å². The topological polar surface area (TPSA) is 57.6 Å². The van der Waals surface area contributed by atoms with E-state index in [1.54, 1.807) is 12.1 Å². The van der Waals surface area contributed by atoms with E-state index in [2.05, 4.69) is 18.7 Å². The monoisotopic (exact) mass is 403 g/mol. The summed E-state index contributed by atoms with van der Waals surface area (Å²) >= 11 is 1.81. The second-order valence-electron chi connectivity index (χ2n) is 8.77. The maximum atomic E-state index is 12.9. The zero-order valence-electron chi connectivity index (χ0n) is 17.2. The summed E-state index contributed by atoms with van der Waals surface area (Å²) in [6.45, 7) is 5.01. The van der Waals surface area contributed by atoms with Gasteiger partial charge >= 0.3 is 5.97 Å². The number of carboxylic acid groups (broad SMARTS) is 1. The van der Waals surface area contributed by atoms with Crippen LogP contribution in [0.2, 0.25) is 0 Å². The lowest BCUT2D eigenvalue weighted by atomic mass is 9.87. The first kappa shape index (κ1) is 21.2. The van der Waals surface area contributed by atoms with Crippen molar-refractivity contribution in [3.05, 3.63) is 35.4 Å². The number of aryl methyl sites for hydroxylation is 1. The molecule has 0 spiro atoms. The number of benzene rings is 1. The smallest absolute Gasteiger partial charge is 0.335 e. The van der Waals surface area contributed by atoms with Crippen molar-refractivity contribution in [1.82, 2.24) is 4.90 Å². The van der Waals surface area contributed by atoms with Crippen LogP contribution in [0.25, 0.3) is 0 Å². The van der Waals surface area contributed by atoms with E-state index in [-0.39, 0.29) is 10.1 Å². The SMILES string of the molecule is CC1(C)SC(CCCc2ccc(C(=O)O)cc2)N(CCC2CCCCC2)C1=O. The predicted molar refractivity (Wildman–Crippen MR) is 115 cm³/mol. The maximum absolute atomic E-state index is 12.9. The Morgan fingerprint density at radius 1 is 1.14 bits per heavy atom. The van der Waals surface area contributed by atoms with Crippen LogP contribution in [0.5, 0.6) is 0 Å². The van der Waals surface area contributed by atoms with Gasteiger partial charge in [0.1, 0.15) is 0 Å². The lowest BCUT2D eigenvalue weighted by Gasteiger charge is -2.28. The van der Waals surface area contributed by atoms with E-state index in [1.165, 1.54) is 32.1 Å². The van der Waals surface area contributed by atoms with Crippen LogP contribution in [-0.2, 0) is 11.2 Å². The summed E-state index contributed by atoms with van der Waals surface area (Å²) in [6.07, 6.45) is 10.8. The summed E-state index contributed by atoms with van der Waals surface area (Å²) in [5, 5.41) is 9.27. The molecule has 1 heterocycles. The van der Waals surface area contributed by atoms with Gasteiger partial charge in [-0.05, 0) is 63.1 Å². The van der Waals surface area contributed by atoms with Gasteiger partial charge in [0.2, 0.25) is 5.91 Å². The molecule has 5 heteroatoms. The summed E-state index contributed by atoms with van der Waals surface area (Å²) in [5.74, 6) is 0.205. The first-order chi connectivity index (χ1) is 13.4. The van der Waals surface area contributed by atoms with Crippen molar-refractivity contribution in [3.63, 3.8) is 0 Å². The molecule has 1 saturated heterocycles. The number of carbonyl (C=O) groups is 2. The highest BCUT2D eigenvalue weighted by molar-refractivity contribution is 8.02. The number of carboxylic acids is 1. The number of aromatic carboxylic acids is 1. The summed E-state index contributed by atoms with van der Waals surface area (Å²) < 4.78 is -0.319. The van der Waals surface area contributed by atoms with E-state index in [4.69, 9.17) is 5.11 Å². The minimum atomic E-state index is -0.886. The predicted octanol–water partition coefficient (Wildman–Crippen LogP) is 5.36. The first-order valence-electron chi connectivity index (χ1n) is 10.7. The number of amides is 1. The second-order valence-corrected chi connectivity index (χ2v) is 10.6. The Kier molecular flexibility index (Phi) is 7.08. The molecule has 0 radical (unpaired) electrons. The van der Waals surface area contributed by atoms with Gasteiger partial charge in [-0.1, -0.05) is 44.2 Å². The first-order valence-corrected chi connectivity index (χ1v) is 11.6. The normalized spacial score (nSPS) is 22.6. The third-order valence-corrected chi connectivity index (χ3v) is 7.70. The van der Waals surface area contributed by atoms with E-state index in [1.807, 2.05) is 23.9 Å². The fourth-order valence-corrected chi connectivity index (χ4v) is 5.99. The van der Waals surface area contributed by atoms with Crippen LogP contribution in [0.1, 0.15) is 81.1 Å². The Morgan fingerprint density at radius 3 is 2.46 bits per heavy atom. The van der Waals surface area contributed by atoms with Crippen LogP contribution < -0.4 is 0 Å². The molecule has 2 fully saturated rings. The van der Waals surface area contributed by atoms with Crippen molar-refractivity contribution in [2.45, 2.75) is 81.8 Å². The average Bonchev–Trinajstić information content (AvgIpc) is 2.90. The summed E-state index contributed by atoms with van der Waals surface area (Å²) in [6, 6.07) is 7.15. The summed E-state index contributed by atoms with van der Waals surface area (Å²) in [7, 11) is 0. The minimum absolute atomic E-state index is 0.268. The molecule has 0 bridgehead atoms.